The summed E-state index contributed by atoms with van der Waals surface area (Å²) in [6.07, 6.45) is 3.09. The topological polar surface area (TPSA) is 79.7 Å². The Kier molecular flexibility index (Phi) is 5.96. The zero-order chi connectivity index (χ0) is 24.6. The Balaban J connectivity index is 1.93. The van der Waals surface area contributed by atoms with Crippen molar-refractivity contribution in [2.45, 2.75) is 32.2 Å². The number of aromatic nitrogens is 1. The molecule has 0 bridgehead atoms. The number of aliphatic hydroxyl groups is 1. The van der Waals surface area contributed by atoms with E-state index in [-0.39, 0.29) is 22.3 Å². The maximum atomic E-state index is 14.0. The smallest absolute Gasteiger partial charge is 0.300 e. The quantitative estimate of drug-likeness (QED) is 0.331. The van der Waals surface area contributed by atoms with Gasteiger partial charge in [0.15, 0.2) is 0 Å². The molecule has 1 aliphatic rings. The molecule has 2 aromatic carbocycles. The van der Waals surface area contributed by atoms with Crippen molar-refractivity contribution >= 4 is 23.1 Å². The van der Waals surface area contributed by atoms with Crippen LogP contribution in [0.25, 0.3) is 5.76 Å². The number of hydrogen-bond donors (Lipinski definition) is 1. The molecule has 3 aromatic rings. The molecule has 6 nitrogen and oxygen atoms in total. The molecule has 1 aliphatic heterocycles. The predicted molar refractivity (Wildman–Crippen MR) is 127 cm³/mol. The molecule has 1 amide bonds. The van der Waals surface area contributed by atoms with Gasteiger partial charge in [-0.05, 0) is 59.0 Å². The van der Waals surface area contributed by atoms with Crippen LogP contribution in [0.3, 0.4) is 0 Å². The molecule has 1 saturated heterocycles. The lowest BCUT2D eigenvalue weighted by Gasteiger charge is -2.26. The summed E-state index contributed by atoms with van der Waals surface area (Å²) in [5.74, 6) is -2.61. The summed E-state index contributed by atoms with van der Waals surface area (Å²) in [5, 5.41) is 11.2. The number of benzene rings is 2. The largest absolute Gasteiger partial charge is 0.507 e. The van der Waals surface area contributed by atoms with E-state index < -0.39 is 29.3 Å². The Morgan fingerprint density at radius 1 is 1.03 bits per heavy atom. The van der Waals surface area contributed by atoms with Crippen molar-refractivity contribution < 1.29 is 23.8 Å². The van der Waals surface area contributed by atoms with Gasteiger partial charge >= 0.3 is 0 Å². The molecular weight excluding hydrogens is 435 g/mol. The summed E-state index contributed by atoms with van der Waals surface area (Å²) in [7, 11) is 1.37. The minimum Gasteiger partial charge on any atom is -0.507 e. The number of nitrogens with zero attached hydrogens (tertiary/aromatic N) is 2. The summed E-state index contributed by atoms with van der Waals surface area (Å²) in [6, 6.07) is 13.4. The molecule has 34 heavy (non-hydrogen) atoms. The fourth-order valence-electron chi connectivity index (χ4n) is 4.09. The second kappa shape index (κ2) is 8.74. The van der Waals surface area contributed by atoms with Gasteiger partial charge in [-0.25, -0.2) is 4.39 Å². The highest BCUT2D eigenvalue weighted by Gasteiger charge is 2.47. The number of pyridine rings is 1. The third-order valence-corrected chi connectivity index (χ3v) is 5.89. The Bertz CT molecular complexity index is 1280. The van der Waals surface area contributed by atoms with E-state index in [0.29, 0.717) is 11.3 Å². The highest BCUT2D eigenvalue weighted by molar-refractivity contribution is 6.51. The molecule has 0 spiro atoms. The number of carbonyl (C=O) groups is 2. The highest BCUT2D eigenvalue weighted by Crippen LogP contribution is 2.43. The number of anilines is 1. The number of carbonyl (C=O) groups excluding carboxylic acids is 2. The van der Waals surface area contributed by atoms with Gasteiger partial charge in [-0.15, -0.1) is 0 Å². The number of rotatable bonds is 4. The van der Waals surface area contributed by atoms with E-state index >= 15 is 0 Å². The van der Waals surface area contributed by atoms with Crippen molar-refractivity contribution in [1.29, 1.82) is 0 Å². The first kappa shape index (κ1) is 23.2. The molecule has 7 heteroatoms. The lowest BCUT2D eigenvalue weighted by molar-refractivity contribution is -0.132. The number of amides is 1. The average molecular weight is 461 g/mol. The van der Waals surface area contributed by atoms with E-state index in [9.17, 15) is 19.1 Å². The fraction of sp³-hybridized carbons (Fsp3) is 0.222. The van der Waals surface area contributed by atoms with Crippen molar-refractivity contribution in [3.8, 4) is 5.75 Å². The van der Waals surface area contributed by atoms with Crippen LogP contribution in [-0.4, -0.2) is 28.9 Å². The number of ketones is 1. The van der Waals surface area contributed by atoms with E-state index in [2.05, 4.69) is 25.8 Å². The van der Waals surface area contributed by atoms with Gasteiger partial charge in [-0.1, -0.05) is 32.9 Å². The second-order valence-electron chi connectivity index (χ2n) is 9.09. The SMILES string of the molecule is COc1ccc(F)cc1/C(O)=C1\C(=O)C(=O)N(c2ccc(C(C)(C)C)cc2)C1c1ccncc1. The predicted octanol–water partition coefficient (Wildman–Crippen LogP) is 5.15. The van der Waals surface area contributed by atoms with Crippen molar-refractivity contribution in [1.82, 2.24) is 4.98 Å². The van der Waals surface area contributed by atoms with Crippen LogP contribution in [0, 0.1) is 5.82 Å². The maximum absolute atomic E-state index is 14.0. The Morgan fingerprint density at radius 3 is 2.26 bits per heavy atom. The van der Waals surface area contributed by atoms with Gasteiger partial charge in [0.2, 0.25) is 0 Å². The van der Waals surface area contributed by atoms with Gasteiger partial charge in [0.25, 0.3) is 11.7 Å². The Hall–Kier alpha value is -4.00. The summed E-state index contributed by atoms with van der Waals surface area (Å²) in [4.78, 5) is 31.9. The van der Waals surface area contributed by atoms with Crippen LogP contribution in [0.2, 0.25) is 0 Å². The van der Waals surface area contributed by atoms with Gasteiger partial charge in [0.05, 0.1) is 24.3 Å². The number of halogens is 1. The molecular formula is C27H25FN2O4. The van der Waals surface area contributed by atoms with E-state index in [0.717, 1.165) is 11.6 Å². The first-order valence-corrected chi connectivity index (χ1v) is 10.8. The van der Waals surface area contributed by atoms with E-state index in [4.69, 9.17) is 4.74 Å². The molecule has 0 radical (unpaired) electrons. The molecule has 2 heterocycles. The number of Topliss-reactive ketones (excluding diaryl/α,β-unsaturated/α-hetero) is 1. The summed E-state index contributed by atoms with van der Waals surface area (Å²) in [5.41, 5.74) is 1.89. The minimum atomic E-state index is -0.934. The highest BCUT2D eigenvalue weighted by atomic mass is 19.1. The lowest BCUT2D eigenvalue weighted by atomic mass is 9.87. The summed E-state index contributed by atoms with van der Waals surface area (Å²) in [6.45, 7) is 6.24. The Morgan fingerprint density at radius 2 is 1.68 bits per heavy atom. The van der Waals surface area contributed by atoms with Crippen LogP contribution in [0.5, 0.6) is 5.75 Å². The number of ether oxygens (including phenoxy) is 1. The molecule has 1 unspecified atom stereocenters. The third kappa shape index (κ3) is 4.05. The summed E-state index contributed by atoms with van der Waals surface area (Å²) >= 11 is 0. The molecule has 1 fully saturated rings. The van der Waals surface area contributed by atoms with Gasteiger partial charge < -0.3 is 9.84 Å². The van der Waals surface area contributed by atoms with E-state index in [1.807, 2.05) is 12.1 Å². The maximum Gasteiger partial charge on any atom is 0.300 e. The molecule has 1 atom stereocenters. The zero-order valence-corrected chi connectivity index (χ0v) is 19.4. The van der Waals surface area contributed by atoms with E-state index in [1.54, 1.807) is 36.7 Å². The van der Waals surface area contributed by atoms with Crippen LogP contribution in [0.15, 0.2) is 72.6 Å². The van der Waals surface area contributed by atoms with Crippen molar-refractivity contribution in [2.75, 3.05) is 12.0 Å². The van der Waals surface area contributed by atoms with Gasteiger partial charge in [-0.2, -0.15) is 0 Å². The van der Waals surface area contributed by atoms with Crippen LogP contribution >= 0.6 is 0 Å². The monoisotopic (exact) mass is 460 g/mol. The Labute approximate surface area is 197 Å². The molecule has 0 saturated carbocycles. The number of aliphatic hydroxyl groups excluding tert-OH is 1. The van der Waals surface area contributed by atoms with Crippen molar-refractivity contribution in [3.05, 3.63) is 95.1 Å². The fourth-order valence-corrected chi connectivity index (χ4v) is 4.09. The first-order chi connectivity index (χ1) is 16.1. The van der Waals surface area contributed by atoms with Gasteiger partial charge in [0, 0.05) is 18.1 Å². The molecule has 4 rings (SSSR count). The van der Waals surface area contributed by atoms with Crippen LogP contribution in [0.1, 0.15) is 43.5 Å². The van der Waals surface area contributed by atoms with Crippen molar-refractivity contribution in [3.63, 3.8) is 0 Å². The van der Waals surface area contributed by atoms with Crippen LogP contribution in [0.4, 0.5) is 10.1 Å². The van der Waals surface area contributed by atoms with E-state index in [1.165, 1.54) is 24.1 Å². The van der Waals surface area contributed by atoms with Crippen LogP contribution in [-0.2, 0) is 15.0 Å². The zero-order valence-electron chi connectivity index (χ0n) is 19.4. The molecule has 0 aliphatic carbocycles. The average Bonchev–Trinajstić information content (AvgIpc) is 3.09. The summed E-state index contributed by atoms with van der Waals surface area (Å²) < 4.78 is 19.3. The van der Waals surface area contributed by atoms with Gasteiger partial charge in [-0.3, -0.25) is 19.5 Å². The second-order valence-corrected chi connectivity index (χ2v) is 9.09. The van der Waals surface area contributed by atoms with Crippen molar-refractivity contribution in [2.24, 2.45) is 0 Å². The van der Waals surface area contributed by atoms with Gasteiger partial charge in [0.1, 0.15) is 17.3 Å². The third-order valence-electron chi connectivity index (χ3n) is 5.89. The minimum absolute atomic E-state index is 0.0114. The van der Waals surface area contributed by atoms with Crippen LogP contribution < -0.4 is 9.64 Å². The molecule has 174 valence electrons. The molecule has 1 N–H and O–H groups in total. The first-order valence-electron chi connectivity index (χ1n) is 10.8. The standard InChI is InChI=1S/C27H25FN2O4/c1-27(2,3)17-5-8-19(9-6-17)30-23(16-11-13-29-14-12-16)22(25(32)26(30)33)24(31)20-15-18(28)7-10-21(20)34-4/h5-15,23,31H,1-4H3/b24-22+. The lowest BCUT2D eigenvalue weighted by Crippen LogP contribution is -2.29. The normalized spacial score (nSPS) is 17.8. The molecule has 1 aromatic heterocycles. The number of methoxy groups -OCH3 is 1. The number of hydrogen-bond acceptors (Lipinski definition) is 5.